The number of nitrogens with two attached hydrogens (primary N) is 1. The molecular weight excluding hydrogens is 283 g/mol. The van der Waals surface area contributed by atoms with Gasteiger partial charge in [-0.3, -0.25) is 0 Å². The number of anilines is 2. The minimum atomic E-state index is 0.445. The number of pyridine rings is 1. The van der Waals surface area contributed by atoms with Gasteiger partial charge in [-0.2, -0.15) is 0 Å². The van der Waals surface area contributed by atoms with E-state index in [1.807, 2.05) is 0 Å². The highest BCUT2D eigenvalue weighted by Crippen LogP contribution is 2.35. The summed E-state index contributed by atoms with van der Waals surface area (Å²) in [5, 5.41) is 1.03. The highest BCUT2D eigenvalue weighted by atomic mass is 35.5. The Bertz CT molecular complexity index is 437. The minimum absolute atomic E-state index is 0.445. The molecule has 4 nitrogen and oxygen atoms in total. The highest BCUT2D eigenvalue weighted by Gasteiger charge is 2.25. The summed E-state index contributed by atoms with van der Waals surface area (Å²) in [5.74, 6) is 6.70. The van der Waals surface area contributed by atoms with Gasteiger partial charge in [-0.05, 0) is 31.7 Å². The number of aromatic nitrogens is 1. The predicted molar refractivity (Wildman–Crippen MR) is 82.0 cm³/mol. The summed E-state index contributed by atoms with van der Waals surface area (Å²) >= 11 is 12.3. The first-order valence-corrected chi connectivity index (χ1v) is 7.52. The van der Waals surface area contributed by atoms with E-state index in [4.69, 9.17) is 29.0 Å². The molecule has 3 N–H and O–H groups in total. The normalized spacial score (nSPS) is 19.6. The van der Waals surface area contributed by atoms with Crippen molar-refractivity contribution >= 4 is 34.8 Å². The Hall–Kier alpha value is -0.710. The summed E-state index contributed by atoms with van der Waals surface area (Å²) in [6, 6.07) is 2.22. The molecule has 0 aromatic carbocycles. The van der Waals surface area contributed by atoms with Crippen LogP contribution in [-0.2, 0) is 0 Å². The van der Waals surface area contributed by atoms with Crippen LogP contribution in [0.1, 0.15) is 39.0 Å². The fourth-order valence-corrected chi connectivity index (χ4v) is 3.19. The maximum Gasteiger partial charge on any atom is 0.161 e. The average molecular weight is 303 g/mol. The van der Waals surface area contributed by atoms with Crippen LogP contribution in [0.5, 0.6) is 0 Å². The molecule has 1 aliphatic rings. The standard InChI is InChI=1S/C13H20Cl2N4/c1-2-5-9-6-3-4-7-19(9)13-11(15)8-10(14)12(17-13)18-16/h8-9H,2-7,16H2,1H3,(H,17,18). The van der Waals surface area contributed by atoms with Crippen LogP contribution >= 0.6 is 23.2 Å². The van der Waals surface area contributed by atoms with Crippen molar-refractivity contribution in [3.05, 3.63) is 16.1 Å². The van der Waals surface area contributed by atoms with Gasteiger partial charge in [0.25, 0.3) is 0 Å². The Morgan fingerprint density at radius 2 is 2.21 bits per heavy atom. The molecule has 1 atom stereocenters. The lowest BCUT2D eigenvalue weighted by Crippen LogP contribution is -2.40. The van der Waals surface area contributed by atoms with E-state index >= 15 is 0 Å². The average Bonchev–Trinajstić information content (AvgIpc) is 2.40. The number of piperidine rings is 1. The van der Waals surface area contributed by atoms with E-state index in [2.05, 4.69) is 22.2 Å². The van der Waals surface area contributed by atoms with Crippen molar-refractivity contribution in [2.24, 2.45) is 5.84 Å². The van der Waals surface area contributed by atoms with Crippen LogP contribution in [0.2, 0.25) is 10.0 Å². The fraction of sp³-hybridized carbons (Fsp3) is 0.615. The Morgan fingerprint density at radius 3 is 2.89 bits per heavy atom. The molecule has 0 aliphatic carbocycles. The second kappa shape index (κ2) is 6.64. The predicted octanol–water partition coefficient (Wildman–Crippen LogP) is 3.83. The zero-order valence-electron chi connectivity index (χ0n) is 11.1. The summed E-state index contributed by atoms with van der Waals surface area (Å²) in [6.07, 6.45) is 5.96. The summed E-state index contributed by atoms with van der Waals surface area (Å²) < 4.78 is 0. The van der Waals surface area contributed by atoms with E-state index in [1.165, 1.54) is 19.3 Å². The number of nitrogens with zero attached hydrogens (tertiary/aromatic N) is 2. The molecule has 1 unspecified atom stereocenters. The lowest BCUT2D eigenvalue weighted by molar-refractivity contribution is 0.432. The molecule has 6 heteroatoms. The third-order valence-electron chi connectivity index (χ3n) is 3.57. The molecule has 1 aromatic heterocycles. The van der Waals surface area contributed by atoms with Gasteiger partial charge in [0, 0.05) is 12.6 Å². The van der Waals surface area contributed by atoms with Crippen LogP contribution in [0.25, 0.3) is 0 Å². The molecule has 106 valence electrons. The molecule has 1 fully saturated rings. The second-order valence-electron chi connectivity index (χ2n) is 4.90. The largest absolute Gasteiger partial charge is 0.352 e. The van der Waals surface area contributed by atoms with Gasteiger partial charge in [-0.25, -0.2) is 10.8 Å². The van der Waals surface area contributed by atoms with Crippen molar-refractivity contribution < 1.29 is 0 Å². The lowest BCUT2D eigenvalue weighted by atomic mass is 9.98. The highest BCUT2D eigenvalue weighted by molar-refractivity contribution is 6.37. The SMILES string of the molecule is CCCC1CCCCN1c1nc(NN)c(Cl)cc1Cl. The van der Waals surface area contributed by atoms with Crippen molar-refractivity contribution in [1.29, 1.82) is 0 Å². The molecule has 0 saturated carbocycles. The van der Waals surface area contributed by atoms with Crippen LogP contribution in [0.15, 0.2) is 6.07 Å². The molecule has 2 rings (SSSR count). The van der Waals surface area contributed by atoms with Gasteiger partial charge in [0.1, 0.15) is 5.82 Å². The number of nitrogens with one attached hydrogen (secondary N) is 1. The molecule has 1 aromatic rings. The summed E-state index contributed by atoms with van der Waals surface area (Å²) in [5.41, 5.74) is 2.52. The maximum atomic E-state index is 6.30. The van der Waals surface area contributed by atoms with Crippen molar-refractivity contribution in [3.8, 4) is 0 Å². The van der Waals surface area contributed by atoms with E-state index < -0.39 is 0 Å². The zero-order valence-corrected chi connectivity index (χ0v) is 12.6. The van der Waals surface area contributed by atoms with Gasteiger partial charge >= 0.3 is 0 Å². The number of hydrazine groups is 1. The quantitative estimate of drug-likeness (QED) is 0.655. The van der Waals surface area contributed by atoms with Crippen LogP contribution in [0.3, 0.4) is 0 Å². The lowest BCUT2D eigenvalue weighted by Gasteiger charge is -2.37. The monoisotopic (exact) mass is 302 g/mol. The van der Waals surface area contributed by atoms with E-state index in [9.17, 15) is 0 Å². The molecule has 1 saturated heterocycles. The fourth-order valence-electron chi connectivity index (χ4n) is 2.67. The van der Waals surface area contributed by atoms with Crippen LogP contribution in [-0.4, -0.2) is 17.6 Å². The van der Waals surface area contributed by atoms with Crippen molar-refractivity contribution in [2.45, 2.75) is 45.1 Å². The van der Waals surface area contributed by atoms with E-state index in [0.717, 1.165) is 25.2 Å². The summed E-state index contributed by atoms with van der Waals surface area (Å²) in [7, 11) is 0. The van der Waals surface area contributed by atoms with Crippen LogP contribution in [0.4, 0.5) is 11.6 Å². The van der Waals surface area contributed by atoms with Crippen LogP contribution < -0.4 is 16.2 Å². The number of hydrogen-bond donors (Lipinski definition) is 2. The van der Waals surface area contributed by atoms with Crippen molar-refractivity contribution in [1.82, 2.24) is 4.98 Å². The second-order valence-corrected chi connectivity index (χ2v) is 5.71. The number of nitrogen functional groups attached to an aromatic ring is 1. The molecular formula is C13H20Cl2N4. The third-order valence-corrected chi connectivity index (χ3v) is 4.14. The first-order valence-electron chi connectivity index (χ1n) is 6.76. The summed E-state index contributed by atoms with van der Waals surface area (Å²) in [4.78, 5) is 6.77. The molecule has 0 spiro atoms. The molecule has 2 heterocycles. The Morgan fingerprint density at radius 1 is 1.42 bits per heavy atom. The molecule has 0 amide bonds. The number of halogens is 2. The first-order chi connectivity index (χ1) is 9.17. The number of hydrogen-bond acceptors (Lipinski definition) is 4. The number of rotatable bonds is 4. The molecule has 0 bridgehead atoms. The van der Waals surface area contributed by atoms with Gasteiger partial charge in [0.2, 0.25) is 0 Å². The van der Waals surface area contributed by atoms with Gasteiger partial charge in [-0.15, -0.1) is 0 Å². The van der Waals surface area contributed by atoms with E-state index in [0.29, 0.717) is 21.9 Å². The molecule has 1 aliphatic heterocycles. The van der Waals surface area contributed by atoms with Crippen molar-refractivity contribution in [3.63, 3.8) is 0 Å². The van der Waals surface area contributed by atoms with Gasteiger partial charge in [-0.1, -0.05) is 36.5 Å². The smallest absolute Gasteiger partial charge is 0.161 e. The Labute approximate surface area is 124 Å². The molecule has 0 radical (unpaired) electrons. The molecule has 19 heavy (non-hydrogen) atoms. The Balaban J connectivity index is 2.32. The maximum absolute atomic E-state index is 6.30. The summed E-state index contributed by atoms with van der Waals surface area (Å²) in [6.45, 7) is 3.19. The van der Waals surface area contributed by atoms with Gasteiger partial charge < -0.3 is 10.3 Å². The third kappa shape index (κ3) is 3.25. The minimum Gasteiger partial charge on any atom is -0.352 e. The first kappa shape index (κ1) is 14.7. The van der Waals surface area contributed by atoms with E-state index in [-0.39, 0.29) is 0 Å². The zero-order chi connectivity index (χ0) is 13.8. The topological polar surface area (TPSA) is 54.2 Å². The van der Waals surface area contributed by atoms with E-state index in [1.54, 1.807) is 6.07 Å². The van der Waals surface area contributed by atoms with Crippen molar-refractivity contribution in [2.75, 3.05) is 16.9 Å². The Kier molecular flexibility index (Phi) is 5.13. The van der Waals surface area contributed by atoms with Gasteiger partial charge in [0.15, 0.2) is 5.82 Å². The van der Waals surface area contributed by atoms with Gasteiger partial charge in [0.05, 0.1) is 10.0 Å². The van der Waals surface area contributed by atoms with Crippen LogP contribution in [0, 0.1) is 0 Å².